The lowest BCUT2D eigenvalue weighted by atomic mass is 10.0. The lowest BCUT2D eigenvalue weighted by Gasteiger charge is -2.32. The van der Waals surface area contributed by atoms with Gasteiger partial charge in [-0.3, -0.25) is 14.5 Å². The second-order valence-electron chi connectivity index (χ2n) is 8.11. The molecule has 1 atom stereocenters. The molecule has 176 valence electrons. The molecule has 1 aromatic heterocycles. The Bertz CT molecular complexity index is 1170. The molecule has 0 saturated heterocycles. The van der Waals surface area contributed by atoms with E-state index in [1.807, 2.05) is 0 Å². The lowest BCUT2D eigenvalue weighted by Crippen LogP contribution is -2.46. The first-order valence-electron chi connectivity index (χ1n) is 11.1. The summed E-state index contributed by atoms with van der Waals surface area (Å²) in [5.41, 5.74) is 0.432. The van der Waals surface area contributed by atoms with Gasteiger partial charge in [0, 0.05) is 17.3 Å². The van der Waals surface area contributed by atoms with Crippen molar-refractivity contribution in [3.8, 4) is 0 Å². The molecular weight excluding hydrogens is 439 g/mol. The zero-order valence-corrected chi connectivity index (χ0v) is 18.7. The van der Waals surface area contributed by atoms with Gasteiger partial charge in [0.05, 0.1) is 18.9 Å². The molecule has 8 heteroatoms. The summed E-state index contributed by atoms with van der Waals surface area (Å²) in [6.07, 6.45) is 4.96. The van der Waals surface area contributed by atoms with E-state index >= 15 is 4.39 Å². The van der Waals surface area contributed by atoms with Crippen molar-refractivity contribution in [3.63, 3.8) is 0 Å². The number of halogens is 1. The summed E-state index contributed by atoms with van der Waals surface area (Å²) in [5, 5.41) is 2.98. The van der Waals surface area contributed by atoms with Crippen molar-refractivity contribution in [2.45, 2.75) is 37.8 Å². The van der Waals surface area contributed by atoms with E-state index in [1.54, 1.807) is 24.3 Å². The van der Waals surface area contributed by atoms with Gasteiger partial charge in [-0.25, -0.2) is 9.18 Å². The van der Waals surface area contributed by atoms with Crippen LogP contribution in [0, 0.1) is 5.82 Å². The maximum Gasteiger partial charge on any atom is 0.337 e. The number of carbonyl (C=O) groups excluding carboxylic acids is 3. The second-order valence-corrected chi connectivity index (χ2v) is 8.11. The summed E-state index contributed by atoms with van der Waals surface area (Å²) in [4.78, 5) is 40.6. The molecule has 1 heterocycles. The third-order valence-corrected chi connectivity index (χ3v) is 5.90. The summed E-state index contributed by atoms with van der Waals surface area (Å²) in [5.74, 6) is -2.43. The molecule has 0 unspecified atom stereocenters. The van der Waals surface area contributed by atoms with Crippen LogP contribution in [0.1, 0.15) is 58.2 Å². The Morgan fingerprint density at radius 1 is 1.06 bits per heavy atom. The number of furan rings is 1. The molecule has 4 rings (SSSR count). The highest BCUT2D eigenvalue weighted by Gasteiger charge is 2.37. The minimum Gasteiger partial charge on any atom is -0.465 e. The standard InChI is InChI=1S/C26H25FN2O5/c1-33-26(32)17-8-6-11-19(16-17)29(25(31)22-14-7-15-34-22)23(20-12-4-5-13-21(20)27)24(30)28-18-9-2-3-10-18/h4-8,11-16,18,23H,2-3,9-10H2,1H3,(H,28,30)/t23-/m1/s1. The van der Waals surface area contributed by atoms with Crippen molar-refractivity contribution in [2.75, 3.05) is 12.0 Å². The van der Waals surface area contributed by atoms with Gasteiger partial charge in [0.1, 0.15) is 11.9 Å². The monoisotopic (exact) mass is 464 g/mol. The first kappa shape index (κ1) is 23.2. The number of hydrogen-bond acceptors (Lipinski definition) is 5. The maximum absolute atomic E-state index is 15.0. The highest BCUT2D eigenvalue weighted by molar-refractivity contribution is 6.09. The van der Waals surface area contributed by atoms with Gasteiger partial charge in [-0.15, -0.1) is 0 Å². The Morgan fingerprint density at radius 2 is 1.82 bits per heavy atom. The lowest BCUT2D eigenvalue weighted by molar-refractivity contribution is -0.123. The predicted octanol–water partition coefficient (Wildman–Crippen LogP) is 4.65. The zero-order valence-electron chi connectivity index (χ0n) is 18.7. The van der Waals surface area contributed by atoms with Crippen LogP contribution >= 0.6 is 0 Å². The van der Waals surface area contributed by atoms with Crippen LogP contribution in [0.15, 0.2) is 71.3 Å². The third-order valence-electron chi connectivity index (χ3n) is 5.90. The largest absolute Gasteiger partial charge is 0.465 e. The van der Waals surface area contributed by atoms with E-state index in [0.29, 0.717) is 0 Å². The van der Waals surface area contributed by atoms with E-state index in [-0.39, 0.29) is 28.6 Å². The number of benzene rings is 2. The van der Waals surface area contributed by atoms with Gasteiger partial charge in [-0.05, 0) is 49.2 Å². The summed E-state index contributed by atoms with van der Waals surface area (Å²) in [7, 11) is 1.25. The van der Waals surface area contributed by atoms with Crippen molar-refractivity contribution < 1.29 is 27.9 Å². The molecule has 1 aliphatic rings. The highest BCUT2D eigenvalue weighted by atomic mass is 19.1. The van der Waals surface area contributed by atoms with Crippen molar-refractivity contribution in [3.05, 3.63) is 89.6 Å². The Balaban J connectivity index is 1.85. The van der Waals surface area contributed by atoms with Crippen LogP contribution in [0.5, 0.6) is 0 Å². The van der Waals surface area contributed by atoms with Crippen molar-refractivity contribution in [1.82, 2.24) is 5.32 Å². The van der Waals surface area contributed by atoms with E-state index in [9.17, 15) is 14.4 Å². The van der Waals surface area contributed by atoms with Gasteiger partial charge in [0.2, 0.25) is 5.91 Å². The van der Waals surface area contributed by atoms with Gasteiger partial charge in [-0.1, -0.05) is 37.1 Å². The number of rotatable bonds is 7. The number of nitrogens with one attached hydrogen (secondary N) is 1. The fourth-order valence-electron chi connectivity index (χ4n) is 4.25. The fourth-order valence-corrected chi connectivity index (χ4v) is 4.25. The molecule has 0 bridgehead atoms. The number of methoxy groups -OCH3 is 1. The smallest absolute Gasteiger partial charge is 0.337 e. The molecular formula is C26H25FN2O5. The Hall–Kier alpha value is -3.94. The molecule has 7 nitrogen and oxygen atoms in total. The van der Waals surface area contributed by atoms with Gasteiger partial charge >= 0.3 is 5.97 Å². The number of carbonyl (C=O) groups is 3. The van der Waals surface area contributed by atoms with E-state index in [2.05, 4.69) is 5.32 Å². The van der Waals surface area contributed by atoms with Crippen molar-refractivity contribution in [2.24, 2.45) is 0 Å². The summed E-state index contributed by atoms with van der Waals surface area (Å²) >= 11 is 0. The van der Waals surface area contributed by atoms with Gasteiger partial charge in [-0.2, -0.15) is 0 Å². The molecule has 1 N–H and O–H groups in total. The molecule has 1 saturated carbocycles. The summed E-state index contributed by atoms with van der Waals surface area (Å²) in [6.45, 7) is 0. The summed E-state index contributed by atoms with van der Waals surface area (Å²) in [6, 6.07) is 13.6. The number of esters is 1. The maximum atomic E-state index is 15.0. The van der Waals surface area contributed by atoms with Gasteiger partial charge in [0.25, 0.3) is 5.91 Å². The molecule has 0 aliphatic heterocycles. The normalized spacial score (nSPS) is 14.4. The molecule has 1 fully saturated rings. The van der Waals surface area contributed by atoms with Crippen LogP contribution in [-0.4, -0.2) is 30.9 Å². The average Bonchev–Trinajstić information content (AvgIpc) is 3.57. The number of ether oxygens (including phenoxy) is 1. The quantitative estimate of drug-likeness (QED) is 0.514. The fraction of sp³-hybridized carbons (Fsp3) is 0.269. The van der Waals surface area contributed by atoms with Crippen molar-refractivity contribution >= 4 is 23.5 Å². The van der Waals surface area contributed by atoms with Crippen LogP contribution in [0.2, 0.25) is 0 Å². The molecule has 1 aliphatic carbocycles. The molecule has 0 radical (unpaired) electrons. The van der Waals surface area contributed by atoms with E-state index in [1.165, 1.54) is 49.8 Å². The summed E-state index contributed by atoms with van der Waals surface area (Å²) < 4.78 is 25.2. The number of hydrogen-bond donors (Lipinski definition) is 1. The van der Waals surface area contributed by atoms with Crippen molar-refractivity contribution in [1.29, 1.82) is 0 Å². The first-order valence-corrected chi connectivity index (χ1v) is 11.1. The number of amides is 2. The van der Waals surface area contributed by atoms with E-state index in [0.717, 1.165) is 30.6 Å². The highest BCUT2D eigenvalue weighted by Crippen LogP contribution is 2.32. The minimum absolute atomic E-state index is 0.0291. The number of anilines is 1. The van der Waals surface area contributed by atoms with E-state index in [4.69, 9.17) is 9.15 Å². The van der Waals surface area contributed by atoms with Crippen LogP contribution in [0.3, 0.4) is 0 Å². The van der Waals surface area contributed by atoms with Crippen LogP contribution in [0.25, 0.3) is 0 Å². The molecule has 3 aromatic rings. The molecule has 2 amide bonds. The van der Waals surface area contributed by atoms with Crippen LogP contribution in [0.4, 0.5) is 10.1 Å². The second kappa shape index (κ2) is 10.3. The topological polar surface area (TPSA) is 88.8 Å². The molecule has 34 heavy (non-hydrogen) atoms. The Morgan fingerprint density at radius 3 is 2.50 bits per heavy atom. The minimum atomic E-state index is -1.34. The Kier molecular flexibility index (Phi) is 7.06. The molecule has 2 aromatic carbocycles. The zero-order chi connectivity index (χ0) is 24.1. The predicted molar refractivity (Wildman–Crippen MR) is 123 cm³/mol. The SMILES string of the molecule is COC(=O)c1cccc(N(C(=O)c2ccco2)[C@@H](C(=O)NC2CCCC2)c2ccccc2F)c1. The molecule has 0 spiro atoms. The third kappa shape index (κ3) is 4.85. The van der Waals surface area contributed by atoms with E-state index < -0.39 is 29.6 Å². The van der Waals surface area contributed by atoms with Crippen LogP contribution in [-0.2, 0) is 9.53 Å². The average molecular weight is 464 g/mol. The first-order chi connectivity index (χ1) is 16.5. The Labute approximate surface area is 196 Å². The number of nitrogens with zero attached hydrogens (tertiary/aromatic N) is 1. The van der Waals surface area contributed by atoms with Crippen LogP contribution < -0.4 is 10.2 Å². The van der Waals surface area contributed by atoms with Gasteiger partial charge in [0.15, 0.2) is 5.76 Å². The van der Waals surface area contributed by atoms with Gasteiger partial charge < -0.3 is 14.5 Å².